The first-order valence-electron chi connectivity index (χ1n) is 5.48. The summed E-state index contributed by atoms with van der Waals surface area (Å²) < 4.78 is 0. The molecule has 4 nitrogen and oxygen atoms in total. The van der Waals surface area contributed by atoms with Gasteiger partial charge >= 0.3 is 0 Å². The van der Waals surface area contributed by atoms with E-state index in [4.69, 9.17) is 0 Å². The first kappa shape index (κ1) is 10.7. The molecule has 1 aliphatic heterocycles. The van der Waals surface area contributed by atoms with Crippen LogP contribution in [0.15, 0.2) is 24.3 Å². The predicted molar refractivity (Wildman–Crippen MR) is 64.4 cm³/mol. The van der Waals surface area contributed by atoms with Crippen LogP contribution in [0.3, 0.4) is 0 Å². The van der Waals surface area contributed by atoms with Crippen molar-refractivity contribution in [1.82, 2.24) is 0 Å². The lowest BCUT2D eigenvalue weighted by atomic mass is 10.2. The number of anilines is 2. The minimum Gasteiger partial charge on any atom is -0.326 e. The van der Waals surface area contributed by atoms with Crippen LogP contribution >= 0.6 is 0 Å². The number of amidine groups is 1. The molecule has 0 spiro atoms. The molecule has 0 aromatic heterocycles. The molecule has 3 N–H and O–H groups in total. The van der Waals surface area contributed by atoms with Gasteiger partial charge in [0.2, 0.25) is 11.7 Å². The van der Waals surface area contributed by atoms with E-state index in [0.29, 0.717) is 0 Å². The Balaban J connectivity index is 1.98. The highest BCUT2D eigenvalue weighted by atomic mass is 16.1. The second-order valence-electron chi connectivity index (χ2n) is 3.89. The third-order valence-corrected chi connectivity index (χ3v) is 2.44. The van der Waals surface area contributed by atoms with E-state index in [1.807, 2.05) is 24.3 Å². The number of nitrogens with one attached hydrogen (secondary N) is 3. The van der Waals surface area contributed by atoms with Gasteiger partial charge in [-0.05, 0) is 30.7 Å². The van der Waals surface area contributed by atoms with Crippen molar-refractivity contribution in [2.75, 3.05) is 17.2 Å². The maximum atomic E-state index is 10.8. The van der Waals surface area contributed by atoms with E-state index in [1.165, 1.54) is 19.2 Å². The van der Waals surface area contributed by atoms with Crippen molar-refractivity contribution in [1.29, 1.82) is 0 Å². The molecule has 1 aliphatic rings. The molecule has 2 rings (SSSR count). The average Bonchev–Trinajstić information content (AvgIpc) is 2.73. The number of amides is 1. The van der Waals surface area contributed by atoms with Gasteiger partial charge in [-0.1, -0.05) is 0 Å². The Bertz CT molecular complexity index is 409. The van der Waals surface area contributed by atoms with Gasteiger partial charge < -0.3 is 5.32 Å². The van der Waals surface area contributed by atoms with Crippen LogP contribution in [0.5, 0.6) is 0 Å². The quantitative estimate of drug-likeness (QED) is 0.670. The molecule has 4 heteroatoms. The molecule has 0 fully saturated rings. The summed E-state index contributed by atoms with van der Waals surface area (Å²) in [5, 5.41) is 6.05. The first-order chi connectivity index (χ1) is 7.74. The fraction of sp³-hybridized carbons (Fsp3) is 0.333. The van der Waals surface area contributed by atoms with Crippen molar-refractivity contribution < 1.29 is 9.79 Å². The summed E-state index contributed by atoms with van der Waals surface area (Å²) in [6, 6.07) is 7.69. The predicted octanol–water partition coefficient (Wildman–Crippen LogP) is 0.330. The lowest BCUT2D eigenvalue weighted by Gasteiger charge is -2.02. The van der Waals surface area contributed by atoms with Gasteiger partial charge in [-0.25, -0.2) is 5.32 Å². The van der Waals surface area contributed by atoms with Crippen LogP contribution in [0, 0.1) is 0 Å². The highest BCUT2D eigenvalue weighted by Crippen LogP contribution is 2.13. The standard InChI is InChI=1S/C12H15N3O/c1-9(16)14-10-4-6-11(7-5-10)15-12-3-2-8-13-12/h4-7H,2-3,8H2,1H3,(H,13,15)(H,14,16)/p+1. The second kappa shape index (κ2) is 4.79. The lowest BCUT2D eigenvalue weighted by Crippen LogP contribution is -2.70. The Labute approximate surface area is 94.8 Å². The minimum atomic E-state index is -0.0486. The van der Waals surface area contributed by atoms with Crippen molar-refractivity contribution >= 4 is 23.1 Å². The summed E-state index contributed by atoms with van der Waals surface area (Å²) in [7, 11) is 0. The van der Waals surface area contributed by atoms with Gasteiger partial charge in [0.25, 0.3) is 0 Å². The summed E-state index contributed by atoms with van der Waals surface area (Å²) in [5.41, 5.74) is 1.86. The lowest BCUT2D eigenvalue weighted by molar-refractivity contribution is -0.447. The Morgan fingerprint density at radius 3 is 2.50 bits per heavy atom. The van der Waals surface area contributed by atoms with E-state index in [2.05, 4.69) is 15.6 Å². The van der Waals surface area contributed by atoms with Crippen LogP contribution in [0.4, 0.5) is 11.4 Å². The second-order valence-corrected chi connectivity index (χ2v) is 3.89. The van der Waals surface area contributed by atoms with E-state index in [9.17, 15) is 4.79 Å². The van der Waals surface area contributed by atoms with Crippen LogP contribution in [-0.2, 0) is 4.79 Å². The van der Waals surface area contributed by atoms with E-state index in [1.54, 1.807) is 0 Å². The number of rotatable bonds is 2. The molecule has 0 saturated carbocycles. The highest BCUT2D eigenvalue weighted by Gasteiger charge is 2.12. The SMILES string of the molecule is CC(=O)Nc1ccc(NC2=[NH+]CCC2)cc1. The van der Waals surface area contributed by atoms with Gasteiger partial charge in [0.05, 0.1) is 13.0 Å². The van der Waals surface area contributed by atoms with Crippen molar-refractivity contribution in [3.8, 4) is 0 Å². The minimum absolute atomic E-state index is 0.0486. The maximum Gasteiger partial charge on any atom is 0.247 e. The zero-order chi connectivity index (χ0) is 11.4. The van der Waals surface area contributed by atoms with E-state index < -0.39 is 0 Å². The largest absolute Gasteiger partial charge is 0.326 e. The van der Waals surface area contributed by atoms with Crippen LogP contribution in [0.1, 0.15) is 19.8 Å². The van der Waals surface area contributed by atoms with Gasteiger partial charge in [0.15, 0.2) is 0 Å². The molecule has 0 atom stereocenters. The smallest absolute Gasteiger partial charge is 0.247 e. The topological polar surface area (TPSA) is 55.1 Å². The van der Waals surface area contributed by atoms with E-state index in [0.717, 1.165) is 24.3 Å². The molecule has 16 heavy (non-hydrogen) atoms. The fourth-order valence-electron chi connectivity index (χ4n) is 1.71. The summed E-state index contributed by atoms with van der Waals surface area (Å²) in [6.45, 7) is 2.55. The van der Waals surface area contributed by atoms with Gasteiger partial charge in [0.1, 0.15) is 5.69 Å². The molecule has 0 bridgehead atoms. The van der Waals surface area contributed by atoms with Crippen molar-refractivity contribution in [3.05, 3.63) is 24.3 Å². The third-order valence-electron chi connectivity index (χ3n) is 2.44. The van der Waals surface area contributed by atoms with E-state index in [-0.39, 0.29) is 5.91 Å². The maximum absolute atomic E-state index is 10.8. The van der Waals surface area contributed by atoms with Crippen molar-refractivity contribution in [2.45, 2.75) is 19.8 Å². The van der Waals surface area contributed by atoms with E-state index >= 15 is 0 Å². The zero-order valence-corrected chi connectivity index (χ0v) is 9.34. The first-order valence-corrected chi connectivity index (χ1v) is 5.48. The molecule has 1 aromatic carbocycles. The number of carbonyl (C=O) groups is 1. The Hall–Kier alpha value is -1.84. The molecule has 1 amide bonds. The van der Waals surface area contributed by atoms with Gasteiger partial charge in [-0.2, -0.15) is 0 Å². The molecule has 0 aliphatic carbocycles. The number of hydrogen-bond acceptors (Lipinski definition) is 2. The summed E-state index contributed by atoms with van der Waals surface area (Å²) in [4.78, 5) is 14.1. The molecule has 0 unspecified atom stereocenters. The fourth-order valence-corrected chi connectivity index (χ4v) is 1.71. The summed E-state index contributed by atoms with van der Waals surface area (Å²) in [6.07, 6.45) is 2.26. The Morgan fingerprint density at radius 1 is 1.25 bits per heavy atom. The highest BCUT2D eigenvalue weighted by molar-refractivity contribution is 5.92. The van der Waals surface area contributed by atoms with Crippen molar-refractivity contribution in [3.63, 3.8) is 0 Å². The molecule has 0 radical (unpaired) electrons. The van der Waals surface area contributed by atoms with Crippen LogP contribution in [-0.4, -0.2) is 18.3 Å². The summed E-state index contributed by atoms with van der Waals surface area (Å²) >= 11 is 0. The molecular weight excluding hydrogens is 202 g/mol. The summed E-state index contributed by atoms with van der Waals surface area (Å²) in [5.74, 6) is 1.12. The molecule has 84 valence electrons. The normalized spacial score (nSPS) is 14.4. The monoisotopic (exact) mass is 218 g/mol. The van der Waals surface area contributed by atoms with Crippen LogP contribution in [0.2, 0.25) is 0 Å². The third kappa shape index (κ3) is 2.82. The average molecular weight is 218 g/mol. The van der Waals surface area contributed by atoms with Crippen LogP contribution < -0.4 is 15.6 Å². The van der Waals surface area contributed by atoms with Crippen molar-refractivity contribution in [2.24, 2.45) is 0 Å². The number of hydrogen-bond donors (Lipinski definition) is 3. The number of carbonyl (C=O) groups excluding carboxylic acids is 1. The molecular formula is C12H16N3O+. The molecule has 0 saturated heterocycles. The van der Waals surface area contributed by atoms with Gasteiger partial charge in [-0.15, -0.1) is 0 Å². The Kier molecular flexibility index (Phi) is 3.19. The number of benzene rings is 1. The molecule has 1 heterocycles. The Morgan fingerprint density at radius 2 is 1.94 bits per heavy atom. The van der Waals surface area contributed by atoms with Gasteiger partial charge in [0, 0.05) is 12.6 Å². The zero-order valence-electron chi connectivity index (χ0n) is 9.34. The van der Waals surface area contributed by atoms with Crippen LogP contribution in [0.25, 0.3) is 0 Å². The molecule has 1 aromatic rings. The van der Waals surface area contributed by atoms with Gasteiger partial charge in [-0.3, -0.25) is 9.79 Å².